The van der Waals surface area contributed by atoms with Crippen LogP contribution in [-0.4, -0.2) is 53.9 Å². The fraction of sp³-hybridized carbons (Fsp3) is 0.750. The number of aliphatic hydroxyl groups excluding tert-OH is 1. The van der Waals surface area contributed by atoms with Crippen LogP contribution >= 0.6 is 0 Å². The standard InChI is InChI=1S/C12H22N6O/c1-4-13-9-15-10(17-11(16-9)18(2)3)14-7-12(8-19)5-6-12/h19H,4-8H2,1-3H3,(H2,13,14,15,16,17). The summed E-state index contributed by atoms with van der Waals surface area (Å²) in [4.78, 5) is 14.8. The van der Waals surface area contributed by atoms with Crippen LogP contribution in [0.2, 0.25) is 0 Å². The van der Waals surface area contributed by atoms with Crippen LogP contribution in [0.3, 0.4) is 0 Å². The highest BCUT2D eigenvalue weighted by atomic mass is 16.3. The van der Waals surface area contributed by atoms with Gasteiger partial charge in [0.15, 0.2) is 0 Å². The molecule has 0 radical (unpaired) electrons. The van der Waals surface area contributed by atoms with E-state index in [0.717, 1.165) is 19.4 Å². The summed E-state index contributed by atoms with van der Waals surface area (Å²) < 4.78 is 0. The van der Waals surface area contributed by atoms with E-state index in [4.69, 9.17) is 0 Å². The van der Waals surface area contributed by atoms with E-state index < -0.39 is 0 Å². The maximum absolute atomic E-state index is 9.30. The van der Waals surface area contributed by atoms with Gasteiger partial charge in [-0.1, -0.05) is 0 Å². The van der Waals surface area contributed by atoms with E-state index in [9.17, 15) is 5.11 Å². The Hall–Kier alpha value is -1.63. The number of rotatable bonds is 7. The van der Waals surface area contributed by atoms with Gasteiger partial charge in [-0.15, -0.1) is 0 Å². The largest absolute Gasteiger partial charge is 0.396 e. The molecule has 0 saturated heterocycles. The summed E-state index contributed by atoms with van der Waals surface area (Å²) >= 11 is 0. The summed E-state index contributed by atoms with van der Waals surface area (Å²) in [5.74, 6) is 1.73. The summed E-state index contributed by atoms with van der Waals surface area (Å²) in [6.07, 6.45) is 2.12. The van der Waals surface area contributed by atoms with Crippen molar-refractivity contribution in [3.63, 3.8) is 0 Å². The maximum atomic E-state index is 9.30. The number of anilines is 3. The summed E-state index contributed by atoms with van der Waals surface area (Å²) in [5, 5.41) is 15.6. The minimum atomic E-state index is 0.0310. The Kier molecular flexibility index (Phi) is 4.04. The van der Waals surface area contributed by atoms with Crippen LogP contribution in [-0.2, 0) is 0 Å². The van der Waals surface area contributed by atoms with Gasteiger partial charge in [0, 0.05) is 32.6 Å². The second-order valence-corrected chi connectivity index (χ2v) is 5.22. The third-order valence-electron chi connectivity index (χ3n) is 3.27. The first kappa shape index (κ1) is 13.8. The molecule has 7 heteroatoms. The summed E-state index contributed by atoms with van der Waals surface area (Å²) in [5.41, 5.74) is 0.0310. The number of hydrogen-bond acceptors (Lipinski definition) is 7. The molecule has 1 aliphatic carbocycles. The summed E-state index contributed by atoms with van der Waals surface area (Å²) in [6.45, 7) is 3.67. The van der Waals surface area contributed by atoms with Crippen LogP contribution < -0.4 is 15.5 Å². The van der Waals surface area contributed by atoms with Crippen molar-refractivity contribution in [3.05, 3.63) is 0 Å². The van der Waals surface area contributed by atoms with Crippen LogP contribution in [0.5, 0.6) is 0 Å². The van der Waals surface area contributed by atoms with Crippen molar-refractivity contribution in [2.45, 2.75) is 19.8 Å². The van der Waals surface area contributed by atoms with Crippen molar-refractivity contribution in [1.29, 1.82) is 0 Å². The molecule has 1 saturated carbocycles. The molecule has 3 N–H and O–H groups in total. The lowest BCUT2D eigenvalue weighted by Gasteiger charge is -2.16. The first-order chi connectivity index (χ1) is 9.08. The molecule has 106 valence electrons. The molecule has 1 aliphatic rings. The molecule has 0 aliphatic heterocycles. The third kappa shape index (κ3) is 3.44. The Balaban J connectivity index is 2.09. The minimum absolute atomic E-state index is 0.0310. The van der Waals surface area contributed by atoms with E-state index in [-0.39, 0.29) is 12.0 Å². The molecule has 0 atom stereocenters. The van der Waals surface area contributed by atoms with E-state index in [1.54, 1.807) is 0 Å². The summed E-state index contributed by atoms with van der Waals surface area (Å²) in [7, 11) is 3.79. The zero-order chi connectivity index (χ0) is 13.9. The van der Waals surface area contributed by atoms with Gasteiger partial charge in [0.05, 0.1) is 6.61 Å². The monoisotopic (exact) mass is 266 g/mol. The fourth-order valence-corrected chi connectivity index (χ4v) is 1.72. The lowest BCUT2D eigenvalue weighted by molar-refractivity contribution is 0.219. The van der Waals surface area contributed by atoms with Crippen LogP contribution in [0.1, 0.15) is 19.8 Å². The number of nitrogens with one attached hydrogen (secondary N) is 2. The van der Waals surface area contributed by atoms with Gasteiger partial charge in [0.1, 0.15) is 0 Å². The van der Waals surface area contributed by atoms with Crippen molar-refractivity contribution in [2.75, 3.05) is 49.3 Å². The van der Waals surface area contributed by atoms with Crippen molar-refractivity contribution in [1.82, 2.24) is 15.0 Å². The van der Waals surface area contributed by atoms with Crippen LogP contribution in [0.4, 0.5) is 17.8 Å². The zero-order valence-electron chi connectivity index (χ0n) is 11.8. The van der Waals surface area contributed by atoms with Crippen LogP contribution in [0, 0.1) is 5.41 Å². The molecule has 1 fully saturated rings. The molecule has 1 heterocycles. The number of nitrogens with zero attached hydrogens (tertiary/aromatic N) is 4. The lowest BCUT2D eigenvalue weighted by atomic mass is 10.1. The van der Waals surface area contributed by atoms with Crippen molar-refractivity contribution < 1.29 is 5.11 Å². The first-order valence-electron chi connectivity index (χ1n) is 6.60. The van der Waals surface area contributed by atoms with E-state index in [0.29, 0.717) is 24.4 Å². The first-order valence-corrected chi connectivity index (χ1v) is 6.60. The molecule has 0 spiro atoms. The van der Waals surface area contributed by atoms with E-state index in [1.807, 2.05) is 25.9 Å². The van der Waals surface area contributed by atoms with Crippen molar-refractivity contribution >= 4 is 17.8 Å². The van der Waals surface area contributed by atoms with Crippen molar-refractivity contribution in [2.24, 2.45) is 5.41 Å². The molecule has 0 aromatic carbocycles. The molecule has 1 aromatic heterocycles. The average Bonchev–Trinajstić information content (AvgIpc) is 3.17. The quantitative estimate of drug-likeness (QED) is 0.664. The highest BCUT2D eigenvalue weighted by molar-refractivity contribution is 5.43. The van der Waals surface area contributed by atoms with Gasteiger partial charge in [0.2, 0.25) is 17.8 Å². The van der Waals surface area contributed by atoms with Gasteiger partial charge in [-0.25, -0.2) is 0 Å². The Bertz CT molecular complexity index is 432. The molecule has 0 amide bonds. The SMILES string of the molecule is CCNc1nc(NCC2(CO)CC2)nc(N(C)C)n1. The molecule has 0 bridgehead atoms. The van der Waals surface area contributed by atoms with Crippen LogP contribution in [0.25, 0.3) is 0 Å². The minimum Gasteiger partial charge on any atom is -0.396 e. The Morgan fingerprint density at radius 1 is 1.16 bits per heavy atom. The van der Waals surface area contributed by atoms with E-state index in [2.05, 4.69) is 25.6 Å². The normalized spacial score (nSPS) is 16.0. The predicted octanol–water partition coefficient (Wildman–Crippen LogP) is 0.554. The van der Waals surface area contributed by atoms with Gasteiger partial charge in [-0.05, 0) is 19.8 Å². The summed E-state index contributed by atoms with van der Waals surface area (Å²) in [6, 6.07) is 0. The zero-order valence-corrected chi connectivity index (χ0v) is 11.8. The highest BCUT2D eigenvalue weighted by Gasteiger charge is 2.41. The molecule has 1 aromatic rings. The highest BCUT2D eigenvalue weighted by Crippen LogP contribution is 2.44. The molecule has 19 heavy (non-hydrogen) atoms. The molecular weight excluding hydrogens is 244 g/mol. The van der Waals surface area contributed by atoms with Gasteiger partial charge in [-0.2, -0.15) is 15.0 Å². The van der Waals surface area contributed by atoms with Gasteiger partial charge < -0.3 is 20.6 Å². The number of hydrogen-bond donors (Lipinski definition) is 3. The Morgan fingerprint density at radius 2 is 1.79 bits per heavy atom. The second kappa shape index (κ2) is 5.56. The number of aliphatic hydroxyl groups is 1. The Labute approximate surface area is 113 Å². The van der Waals surface area contributed by atoms with Gasteiger partial charge >= 0.3 is 0 Å². The average molecular weight is 266 g/mol. The van der Waals surface area contributed by atoms with Crippen molar-refractivity contribution in [3.8, 4) is 0 Å². The molecular formula is C12H22N6O. The fourth-order valence-electron chi connectivity index (χ4n) is 1.72. The third-order valence-corrected chi connectivity index (χ3v) is 3.27. The predicted molar refractivity (Wildman–Crippen MR) is 75.6 cm³/mol. The lowest BCUT2D eigenvalue weighted by Crippen LogP contribution is -2.22. The van der Waals surface area contributed by atoms with E-state index >= 15 is 0 Å². The molecule has 7 nitrogen and oxygen atoms in total. The smallest absolute Gasteiger partial charge is 0.231 e. The maximum Gasteiger partial charge on any atom is 0.231 e. The molecule has 2 rings (SSSR count). The topological polar surface area (TPSA) is 86.2 Å². The van der Waals surface area contributed by atoms with Crippen LogP contribution in [0.15, 0.2) is 0 Å². The Morgan fingerprint density at radius 3 is 2.26 bits per heavy atom. The second-order valence-electron chi connectivity index (χ2n) is 5.22. The van der Waals surface area contributed by atoms with Gasteiger partial charge in [-0.3, -0.25) is 0 Å². The number of aromatic nitrogens is 3. The van der Waals surface area contributed by atoms with E-state index in [1.165, 1.54) is 0 Å². The van der Waals surface area contributed by atoms with Gasteiger partial charge in [0.25, 0.3) is 0 Å². The molecule has 0 unspecified atom stereocenters.